The molecule has 0 unspecified atom stereocenters. The van der Waals surface area contributed by atoms with Gasteiger partial charge in [-0.05, 0) is 90.5 Å². The Bertz CT molecular complexity index is 1350. The highest BCUT2D eigenvalue weighted by Crippen LogP contribution is 2.30. The maximum atomic E-state index is 13.4. The number of hydrogen-bond donors (Lipinski definition) is 1. The van der Waals surface area contributed by atoms with Crippen LogP contribution in [0.1, 0.15) is 86.1 Å². The molecule has 0 aliphatic heterocycles. The van der Waals surface area contributed by atoms with Crippen molar-refractivity contribution in [1.82, 2.24) is 4.72 Å². The summed E-state index contributed by atoms with van der Waals surface area (Å²) in [5.41, 5.74) is 1.23. The van der Waals surface area contributed by atoms with Crippen LogP contribution in [-0.4, -0.2) is 46.2 Å². The van der Waals surface area contributed by atoms with Gasteiger partial charge in [0, 0.05) is 19.2 Å². The highest BCUT2D eigenvalue weighted by atomic mass is 32.2. The molecule has 0 saturated carbocycles. The molecule has 45 heavy (non-hydrogen) atoms. The Labute approximate surface area is 273 Å². The van der Waals surface area contributed by atoms with Crippen molar-refractivity contribution in [1.29, 1.82) is 0 Å². The Morgan fingerprint density at radius 1 is 0.867 bits per heavy atom. The first-order valence-electron chi connectivity index (χ1n) is 16.3. The monoisotopic (exact) mass is 659 g/mol. The molecule has 2 atom stereocenters. The Balaban J connectivity index is 2.28. The van der Waals surface area contributed by atoms with Crippen molar-refractivity contribution in [2.75, 3.05) is 6.61 Å². The van der Waals surface area contributed by atoms with Crippen molar-refractivity contribution in [2.24, 2.45) is 11.8 Å². The predicted octanol–water partition coefficient (Wildman–Crippen LogP) is 8.40. The number of carbonyl (C=O) groups is 2. The van der Waals surface area contributed by atoms with Crippen LogP contribution in [0.25, 0.3) is 11.1 Å². The Morgan fingerprint density at radius 2 is 1.47 bits per heavy atom. The van der Waals surface area contributed by atoms with Gasteiger partial charge in [-0.2, -0.15) is 0 Å². The van der Waals surface area contributed by atoms with E-state index in [-0.39, 0.29) is 22.8 Å². The van der Waals surface area contributed by atoms with Crippen molar-refractivity contribution < 1.29 is 27.5 Å². The van der Waals surface area contributed by atoms with Gasteiger partial charge < -0.3 is 9.47 Å². The lowest BCUT2D eigenvalue weighted by atomic mass is 9.86. The molecule has 2 rings (SSSR count). The van der Waals surface area contributed by atoms with E-state index in [2.05, 4.69) is 31.3 Å². The molecule has 7 nitrogen and oxygen atoms in total. The summed E-state index contributed by atoms with van der Waals surface area (Å²) in [6.45, 7) is 20.3. The number of ether oxygens (including phenoxy) is 2. The molecule has 1 N–H and O–H groups in total. The highest BCUT2D eigenvalue weighted by Gasteiger charge is 2.31. The fraction of sp³-hybridized carbons (Fsp3) is 0.611. The number of esters is 2. The van der Waals surface area contributed by atoms with Gasteiger partial charge >= 0.3 is 11.9 Å². The van der Waals surface area contributed by atoms with Crippen molar-refractivity contribution >= 4 is 30.0 Å². The molecule has 2 aromatic carbocycles. The minimum Gasteiger partial charge on any atom is -0.466 e. The normalized spacial score (nSPS) is 14.1. The van der Waals surface area contributed by atoms with Crippen molar-refractivity contribution in [3.05, 3.63) is 54.1 Å². The number of carbonyl (C=O) groups excluding carboxylic acids is 2. The smallest absolute Gasteiger partial charge is 0.309 e. The molecule has 0 fully saturated rings. The van der Waals surface area contributed by atoms with E-state index in [1.165, 1.54) is 0 Å². The zero-order chi connectivity index (χ0) is 34.1. The summed E-state index contributed by atoms with van der Waals surface area (Å²) in [6.07, 6.45) is 4.06. The second kappa shape index (κ2) is 16.4. The number of nitrogens with one attached hydrogen (secondary N) is 1. The van der Waals surface area contributed by atoms with Gasteiger partial charge in [0.05, 0.1) is 23.3 Å². The molecule has 9 heteroatoms. The lowest BCUT2D eigenvalue weighted by molar-refractivity contribution is -0.162. The number of rotatable bonds is 16. The summed E-state index contributed by atoms with van der Waals surface area (Å²) >= 11 is 0. The molecule has 0 radical (unpaired) electrons. The third kappa shape index (κ3) is 14.2. The first-order valence-corrected chi connectivity index (χ1v) is 21.5. The number of aryl methyl sites for hydroxylation is 1. The lowest BCUT2D eigenvalue weighted by Gasteiger charge is -2.26. The minimum absolute atomic E-state index is 0.231. The molecule has 0 heterocycles. The molecule has 0 aliphatic rings. The van der Waals surface area contributed by atoms with E-state index >= 15 is 0 Å². The molecule has 0 amide bonds. The van der Waals surface area contributed by atoms with E-state index in [1.807, 2.05) is 77.9 Å². The van der Waals surface area contributed by atoms with Crippen LogP contribution in [0, 0.1) is 11.8 Å². The molecule has 252 valence electrons. The summed E-state index contributed by atoms with van der Waals surface area (Å²) in [7, 11) is -5.11. The largest absolute Gasteiger partial charge is 0.466 e. The van der Waals surface area contributed by atoms with Gasteiger partial charge in [0.15, 0.2) is 0 Å². The number of sulfonamides is 1. The average Bonchev–Trinajstić information content (AvgIpc) is 2.90. The molecular formula is C36H57NO6SSi. The molecule has 0 aliphatic carbocycles. The maximum Gasteiger partial charge on any atom is 0.309 e. The van der Waals surface area contributed by atoms with Crippen LogP contribution in [0.3, 0.4) is 0 Å². The quantitative estimate of drug-likeness (QED) is 0.144. The van der Waals surface area contributed by atoms with Crippen LogP contribution >= 0.6 is 0 Å². The maximum absolute atomic E-state index is 13.4. The molecule has 0 spiro atoms. The third-order valence-corrected chi connectivity index (χ3v) is 10.8. The van der Waals surface area contributed by atoms with Gasteiger partial charge in [0.2, 0.25) is 10.0 Å². The molecule has 2 aromatic rings. The molecule has 0 saturated heterocycles. The molecule has 0 bridgehead atoms. The fourth-order valence-electron chi connectivity index (χ4n) is 5.01. The second-order valence-corrected chi connectivity index (χ2v) is 22.6. The summed E-state index contributed by atoms with van der Waals surface area (Å²) in [4.78, 5) is 26.8. The van der Waals surface area contributed by atoms with Crippen LogP contribution in [0.15, 0.2) is 53.4 Å². The predicted molar refractivity (Wildman–Crippen MR) is 186 cm³/mol. The first-order chi connectivity index (χ1) is 20.7. The van der Waals surface area contributed by atoms with Crippen LogP contribution in [0.5, 0.6) is 0 Å². The third-order valence-electron chi connectivity index (χ3n) is 7.31. The second-order valence-electron chi connectivity index (χ2n) is 15.4. The van der Waals surface area contributed by atoms with E-state index < -0.39 is 35.2 Å². The van der Waals surface area contributed by atoms with E-state index in [1.54, 1.807) is 12.1 Å². The van der Waals surface area contributed by atoms with Crippen LogP contribution in [-0.2, 0) is 35.5 Å². The van der Waals surface area contributed by atoms with Gasteiger partial charge in [-0.15, -0.1) is 0 Å². The topological polar surface area (TPSA) is 98.8 Å². The Kier molecular flexibility index (Phi) is 14.1. The number of benzene rings is 2. The van der Waals surface area contributed by atoms with E-state index in [0.29, 0.717) is 37.9 Å². The number of hydrogen-bond acceptors (Lipinski definition) is 6. The molecular weight excluding hydrogens is 603 g/mol. The van der Waals surface area contributed by atoms with Gasteiger partial charge in [-0.1, -0.05) is 81.9 Å². The minimum atomic E-state index is -3.73. The number of unbranched alkanes of at least 4 members (excludes halogenated alkanes) is 1. The molecule has 0 aromatic heterocycles. The average molecular weight is 660 g/mol. The van der Waals surface area contributed by atoms with Gasteiger partial charge in [-0.3, -0.25) is 9.59 Å². The van der Waals surface area contributed by atoms with E-state index in [9.17, 15) is 18.0 Å². The first kappa shape index (κ1) is 38.7. The Hall–Kier alpha value is -2.49. The van der Waals surface area contributed by atoms with Crippen molar-refractivity contribution in [2.45, 2.75) is 129 Å². The van der Waals surface area contributed by atoms with Gasteiger partial charge in [0.1, 0.15) is 5.60 Å². The summed E-state index contributed by atoms with van der Waals surface area (Å²) in [5, 5.41) is 0. The highest BCUT2D eigenvalue weighted by molar-refractivity contribution is 7.89. The van der Waals surface area contributed by atoms with Crippen molar-refractivity contribution in [3.63, 3.8) is 0 Å². The SMILES string of the molecule is CCCC[C@H](C[C@H](CCc1ccc(-c2ccccc2S(=O)(=O)NC(C)(C)C)cc1)C(=O)OCC[Si](C)(C)C)C(=O)OC(C)(C)C. The zero-order valence-corrected chi connectivity index (χ0v) is 31.1. The Morgan fingerprint density at radius 3 is 2.02 bits per heavy atom. The van der Waals surface area contributed by atoms with E-state index in [0.717, 1.165) is 30.0 Å². The standard InChI is InChI=1S/C36H57NO6SSi/c1-11-12-15-29(34(39)43-36(5,6)7)26-30(33(38)42-24-25-45(8,9)10)23-20-27-18-21-28(22-19-27)31-16-13-14-17-32(31)44(40,41)37-35(2,3)4/h13-14,16-19,21-22,29-30,37H,11-12,15,20,23-26H2,1-10H3/t29-,30+/m1/s1. The summed E-state index contributed by atoms with van der Waals surface area (Å²) in [5.74, 6) is -1.31. The van der Waals surface area contributed by atoms with Crippen molar-refractivity contribution in [3.8, 4) is 11.1 Å². The summed E-state index contributed by atoms with van der Waals surface area (Å²) in [6, 6.07) is 15.7. The van der Waals surface area contributed by atoms with Crippen LogP contribution < -0.4 is 4.72 Å². The lowest BCUT2D eigenvalue weighted by Crippen LogP contribution is -2.40. The van der Waals surface area contributed by atoms with Crippen LogP contribution in [0.4, 0.5) is 0 Å². The van der Waals surface area contributed by atoms with E-state index in [4.69, 9.17) is 9.47 Å². The zero-order valence-electron chi connectivity index (χ0n) is 29.3. The van der Waals surface area contributed by atoms with Gasteiger partial charge in [-0.25, -0.2) is 13.1 Å². The van der Waals surface area contributed by atoms with Crippen LogP contribution in [0.2, 0.25) is 25.7 Å². The fourth-order valence-corrected chi connectivity index (χ4v) is 7.37. The summed E-state index contributed by atoms with van der Waals surface area (Å²) < 4.78 is 40.6. The van der Waals surface area contributed by atoms with Gasteiger partial charge in [0.25, 0.3) is 0 Å².